The van der Waals surface area contributed by atoms with Crippen LogP contribution in [0.5, 0.6) is 0 Å². The van der Waals surface area contributed by atoms with Crippen LogP contribution in [0.15, 0.2) is 41.5 Å². The van der Waals surface area contributed by atoms with Crippen LogP contribution in [-0.4, -0.2) is 16.9 Å². The summed E-state index contributed by atoms with van der Waals surface area (Å²) in [4.78, 5) is 0. The minimum Gasteiger partial charge on any atom is -0.387 e. The van der Waals surface area contributed by atoms with E-state index in [4.69, 9.17) is 0 Å². The Bertz CT molecular complexity index is 186. The van der Waals surface area contributed by atoms with Gasteiger partial charge in [0.05, 0.1) is 12.4 Å². The van der Waals surface area contributed by atoms with E-state index in [1.807, 2.05) is 18.4 Å². The molecule has 11 heavy (non-hydrogen) atoms. The average molecular weight is 151 g/mol. The second kappa shape index (κ2) is 5.22. The summed E-state index contributed by atoms with van der Waals surface area (Å²) >= 11 is 0. The van der Waals surface area contributed by atoms with E-state index < -0.39 is 0 Å². The summed E-state index contributed by atoms with van der Waals surface area (Å²) in [5.74, 6) is 0. The molecule has 0 unspecified atom stereocenters. The summed E-state index contributed by atoms with van der Waals surface area (Å²) in [7, 11) is 0. The molecule has 1 aromatic rings. The molecule has 4 nitrogen and oxygen atoms in total. The summed E-state index contributed by atoms with van der Waals surface area (Å²) in [6, 6.07) is 0. The molecule has 1 N–H and O–H groups in total. The van der Waals surface area contributed by atoms with Gasteiger partial charge in [0.15, 0.2) is 0 Å². The van der Waals surface area contributed by atoms with Crippen molar-refractivity contribution in [2.45, 2.75) is 0 Å². The van der Waals surface area contributed by atoms with E-state index in [0.717, 1.165) is 6.54 Å². The molecule has 0 fully saturated rings. The zero-order valence-electron chi connectivity index (χ0n) is 5.97. The zero-order chi connectivity index (χ0) is 7.78. The Morgan fingerprint density at radius 1 is 1.18 bits per heavy atom. The van der Waals surface area contributed by atoms with Crippen LogP contribution in [0.2, 0.25) is 0 Å². The van der Waals surface area contributed by atoms with E-state index in [0.29, 0.717) is 0 Å². The van der Waals surface area contributed by atoms with Gasteiger partial charge in [0.1, 0.15) is 0 Å². The lowest BCUT2D eigenvalue weighted by Gasteiger charge is -1.94. The highest BCUT2D eigenvalue weighted by atomic mass is 16.6. The van der Waals surface area contributed by atoms with Crippen molar-refractivity contribution in [1.82, 2.24) is 15.6 Å². The number of aromatic nitrogens is 2. The number of hydrogen-bond donors (Lipinski definition) is 1. The second-order valence-corrected chi connectivity index (χ2v) is 1.79. The lowest BCUT2D eigenvalue weighted by molar-refractivity contribution is 0.307. The smallest absolute Gasteiger partial charge is 0.0913 e. The quantitative estimate of drug-likeness (QED) is 0.593. The van der Waals surface area contributed by atoms with Crippen LogP contribution in [0.25, 0.3) is 0 Å². The number of hydrogen-bond acceptors (Lipinski definition) is 4. The van der Waals surface area contributed by atoms with Gasteiger partial charge >= 0.3 is 0 Å². The predicted molar refractivity (Wildman–Crippen MR) is 40.6 cm³/mol. The molecule has 0 spiro atoms. The van der Waals surface area contributed by atoms with Gasteiger partial charge in [-0.25, -0.2) is 4.63 Å². The molecule has 0 atom stereocenters. The molecule has 58 valence electrons. The summed E-state index contributed by atoms with van der Waals surface area (Å²) in [6.07, 6.45) is 10.9. The molecule has 0 aliphatic carbocycles. The number of nitrogens with one attached hydrogen (secondary N) is 1. The van der Waals surface area contributed by atoms with Gasteiger partial charge in [-0.3, -0.25) is 0 Å². The van der Waals surface area contributed by atoms with Crippen LogP contribution in [0.1, 0.15) is 0 Å². The highest BCUT2D eigenvalue weighted by Gasteiger charge is 1.73. The van der Waals surface area contributed by atoms with Crippen LogP contribution >= 0.6 is 0 Å². The van der Waals surface area contributed by atoms with Gasteiger partial charge < -0.3 is 5.32 Å². The maximum absolute atomic E-state index is 4.08. The standard InChI is InChI=1S/C5H7N.C2H2N2O/c1-2-4-6-5-3-1;1-2-4-5-3-1/h1-4,6H,5H2;1-2H. The van der Waals surface area contributed by atoms with E-state index >= 15 is 0 Å². The van der Waals surface area contributed by atoms with Crippen LogP contribution < -0.4 is 5.32 Å². The van der Waals surface area contributed by atoms with Crippen molar-refractivity contribution in [2.75, 3.05) is 6.54 Å². The Labute approximate surface area is 64.6 Å². The van der Waals surface area contributed by atoms with Crippen LogP contribution in [-0.2, 0) is 0 Å². The SMILES string of the molecule is C1=CCNC=C1.c1cnon1. The monoisotopic (exact) mass is 151 g/mol. The number of dihydropyridines is 1. The van der Waals surface area contributed by atoms with Crippen molar-refractivity contribution in [2.24, 2.45) is 0 Å². The molecule has 0 radical (unpaired) electrons. The predicted octanol–water partition coefficient (Wildman–Crippen LogP) is 0.729. The molecule has 0 saturated carbocycles. The van der Waals surface area contributed by atoms with Crippen molar-refractivity contribution >= 4 is 0 Å². The third kappa shape index (κ3) is 3.91. The summed E-state index contributed by atoms with van der Waals surface area (Å²) in [5.41, 5.74) is 0. The Hall–Kier alpha value is -1.58. The van der Waals surface area contributed by atoms with Crippen LogP contribution in [0.3, 0.4) is 0 Å². The van der Waals surface area contributed by atoms with Gasteiger partial charge in [0.2, 0.25) is 0 Å². The summed E-state index contributed by atoms with van der Waals surface area (Å²) in [6.45, 7) is 0.983. The fraction of sp³-hybridized carbons (Fsp3) is 0.143. The van der Waals surface area contributed by atoms with Crippen molar-refractivity contribution in [3.63, 3.8) is 0 Å². The normalized spacial score (nSPS) is 13.1. The maximum atomic E-state index is 4.08. The fourth-order valence-corrected chi connectivity index (χ4v) is 0.542. The molecule has 0 aromatic carbocycles. The van der Waals surface area contributed by atoms with E-state index in [9.17, 15) is 0 Å². The van der Waals surface area contributed by atoms with E-state index in [1.54, 1.807) is 0 Å². The van der Waals surface area contributed by atoms with Crippen LogP contribution in [0, 0.1) is 0 Å². The number of rotatable bonds is 0. The molecule has 0 bridgehead atoms. The van der Waals surface area contributed by atoms with Crippen molar-refractivity contribution < 1.29 is 4.63 Å². The van der Waals surface area contributed by atoms with Gasteiger partial charge in [0.25, 0.3) is 0 Å². The largest absolute Gasteiger partial charge is 0.387 e. The van der Waals surface area contributed by atoms with Gasteiger partial charge in [-0.1, -0.05) is 22.5 Å². The highest BCUT2D eigenvalue weighted by Crippen LogP contribution is 1.78. The van der Waals surface area contributed by atoms with Gasteiger partial charge in [-0.15, -0.1) is 0 Å². The Morgan fingerprint density at radius 3 is 2.18 bits per heavy atom. The fourth-order valence-electron chi connectivity index (χ4n) is 0.542. The van der Waals surface area contributed by atoms with Crippen molar-refractivity contribution in [3.05, 3.63) is 36.8 Å². The van der Waals surface area contributed by atoms with E-state index in [-0.39, 0.29) is 0 Å². The lowest BCUT2D eigenvalue weighted by Crippen LogP contribution is -2.05. The Kier molecular flexibility index (Phi) is 3.57. The number of allylic oxidation sites excluding steroid dienone is 2. The first-order valence-corrected chi connectivity index (χ1v) is 3.27. The topological polar surface area (TPSA) is 51.0 Å². The molecule has 2 rings (SSSR count). The highest BCUT2D eigenvalue weighted by molar-refractivity contribution is 5.06. The first kappa shape index (κ1) is 7.53. The molecular weight excluding hydrogens is 142 g/mol. The first-order valence-electron chi connectivity index (χ1n) is 3.27. The molecule has 0 amide bonds. The van der Waals surface area contributed by atoms with Crippen molar-refractivity contribution in [1.29, 1.82) is 0 Å². The third-order valence-corrected chi connectivity index (χ3v) is 0.980. The lowest BCUT2D eigenvalue weighted by atomic mass is 10.4. The van der Waals surface area contributed by atoms with Gasteiger partial charge in [0, 0.05) is 6.54 Å². The van der Waals surface area contributed by atoms with Gasteiger partial charge in [-0.2, -0.15) is 0 Å². The Morgan fingerprint density at radius 2 is 2.00 bits per heavy atom. The van der Waals surface area contributed by atoms with E-state index in [1.165, 1.54) is 12.4 Å². The van der Waals surface area contributed by atoms with Gasteiger partial charge in [-0.05, 0) is 12.3 Å². The minimum absolute atomic E-state index is 0.983. The van der Waals surface area contributed by atoms with E-state index in [2.05, 4.69) is 26.3 Å². The van der Waals surface area contributed by atoms with Crippen molar-refractivity contribution in [3.8, 4) is 0 Å². The molecule has 1 aliphatic heterocycles. The number of nitrogens with zero attached hydrogens (tertiary/aromatic N) is 2. The summed E-state index contributed by atoms with van der Waals surface area (Å²) < 4.78 is 4.08. The third-order valence-electron chi connectivity index (χ3n) is 0.980. The molecule has 2 heterocycles. The minimum atomic E-state index is 0.983. The average Bonchev–Trinajstić information content (AvgIpc) is 2.64. The first-order chi connectivity index (χ1) is 5.50. The second-order valence-electron chi connectivity index (χ2n) is 1.79. The molecule has 1 aromatic heterocycles. The molecular formula is C7H9N3O. The van der Waals surface area contributed by atoms with Crippen LogP contribution in [0.4, 0.5) is 0 Å². The zero-order valence-corrected chi connectivity index (χ0v) is 5.97. The molecule has 0 saturated heterocycles. The molecule has 4 heteroatoms. The summed E-state index contributed by atoms with van der Waals surface area (Å²) in [5, 5.41) is 9.49. The molecule has 1 aliphatic rings. The maximum Gasteiger partial charge on any atom is 0.0913 e. The Balaban J connectivity index is 0.000000112.